The summed E-state index contributed by atoms with van der Waals surface area (Å²) < 4.78 is 12.9. The Balaban J connectivity index is 2.15. The summed E-state index contributed by atoms with van der Waals surface area (Å²) >= 11 is 0. The van der Waals surface area contributed by atoms with E-state index < -0.39 is 0 Å². The van der Waals surface area contributed by atoms with Crippen molar-refractivity contribution in [2.24, 2.45) is 0 Å². The molecule has 0 fully saturated rings. The van der Waals surface area contributed by atoms with Crippen LogP contribution in [0.3, 0.4) is 0 Å². The van der Waals surface area contributed by atoms with E-state index in [0.29, 0.717) is 6.54 Å². The minimum atomic E-state index is -0.285. The van der Waals surface area contributed by atoms with Gasteiger partial charge in [0.2, 0.25) is 5.91 Å². The zero-order valence-corrected chi connectivity index (χ0v) is 11.8. The lowest BCUT2D eigenvalue weighted by Crippen LogP contribution is -2.32. The molecule has 104 valence electrons. The lowest BCUT2D eigenvalue weighted by Gasteiger charge is -2.21. The topological polar surface area (TPSA) is 20.3 Å². The number of nitrogens with zero attached hydrogens (tertiary/aromatic N) is 1. The van der Waals surface area contributed by atoms with Crippen molar-refractivity contribution in [3.63, 3.8) is 0 Å². The van der Waals surface area contributed by atoms with Crippen molar-refractivity contribution in [1.82, 2.24) is 0 Å². The van der Waals surface area contributed by atoms with Gasteiger partial charge in [-0.3, -0.25) is 4.79 Å². The van der Waals surface area contributed by atoms with E-state index in [4.69, 9.17) is 0 Å². The van der Waals surface area contributed by atoms with Gasteiger partial charge in [0, 0.05) is 12.2 Å². The third-order valence-corrected chi connectivity index (χ3v) is 3.20. The van der Waals surface area contributed by atoms with E-state index in [2.05, 4.69) is 0 Å². The largest absolute Gasteiger partial charge is 0.312 e. The second-order valence-corrected chi connectivity index (χ2v) is 4.78. The summed E-state index contributed by atoms with van der Waals surface area (Å²) in [7, 11) is 0. The molecule has 1 amide bonds. The first-order valence-corrected chi connectivity index (χ1v) is 6.71. The van der Waals surface area contributed by atoms with Crippen LogP contribution >= 0.6 is 0 Å². The number of anilines is 1. The number of rotatable bonds is 4. The van der Waals surface area contributed by atoms with Crippen LogP contribution in [0, 0.1) is 12.7 Å². The molecule has 2 nitrogen and oxygen atoms in total. The molecule has 20 heavy (non-hydrogen) atoms. The Kier molecular flexibility index (Phi) is 4.51. The molecule has 0 aliphatic rings. The lowest BCUT2D eigenvalue weighted by molar-refractivity contribution is -0.117. The molecule has 0 N–H and O–H groups in total. The summed E-state index contributed by atoms with van der Waals surface area (Å²) in [6.45, 7) is 4.57. The first kappa shape index (κ1) is 14.3. The second kappa shape index (κ2) is 6.33. The smallest absolute Gasteiger partial charge is 0.231 e. The Bertz CT molecular complexity index is 592. The summed E-state index contributed by atoms with van der Waals surface area (Å²) in [5.41, 5.74) is 2.85. The quantitative estimate of drug-likeness (QED) is 0.829. The van der Waals surface area contributed by atoms with Gasteiger partial charge in [0.15, 0.2) is 0 Å². The predicted molar refractivity (Wildman–Crippen MR) is 79.3 cm³/mol. The molecule has 0 saturated carbocycles. The van der Waals surface area contributed by atoms with Crippen LogP contribution in [0.4, 0.5) is 10.1 Å². The van der Waals surface area contributed by atoms with Crippen LogP contribution in [-0.2, 0) is 11.2 Å². The molecule has 0 heterocycles. The van der Waals surface area contributed by atoms with Crippen LogP contribution in [0.25, 0.3) is 0 Å². The van der Waals surface area contributed by atoms with Gasteiger partial charge >= 0.3 is 0 Å². The minimum absolute atomic E-state index is 0.0182. The average molecular weight is 271 g/mol. The van der Waals surface area contributed by atoms with E-state index in [0.717, 1.165) is 16.8 Å². The molecule has 0 atom stereocenters. The number of amides is 1. The van der Waals surface area contributed by atoms with Crippen molar-refractivity contribution >= 4 is 11.6 Å². The van der Waals surface area contributed by atoms with E-state index >= 15 is 0 Å². The molecule has 0 radical (unpaired) electrons. The Morgan fingerprint density at radius 2 is 1.85 bits per heavy atom. The first-order chi connectivity index (χ1) is 9.60. The van der Waals surface area contributed by atoms with Crippen molar-refractivity contribution in [2.75, 3.05) is 11.4 Å². The highest BCUT2D eigenvalue weighted by Gasteiger charge is 2.14. The van der Waals surface area contributed by atoms with E-state index in [9.17, 15) is 9.18 Å². The molecule has 3 heteroatoms. The maximum atomic E-state index is 12.9. The van der Waals surface area contributed by atoms with E-state index in [1.165, 1.54) is 12.1 Å². The fourth-order valence-electron chi connectivity index (χ4n) is 2.17. The Hall–Kier alpha value is -2.16. The molecule has 0 aromatic heterocycles. The number of benzene rings is 2. The van der Waals surface area contributed by atoms with E-state index in [1.807, 2.05) is 38.1 Å². The maximum Gasteiger partial charge on any atom is 0.231 e. The Morgan fingerprint density at radius 3 is 2.45 bits per heavy atom. The molecular formula is C17H18FNO. The molecule has 2 aromatic carbocycles. The highest BCUT2D eigenvalue weighted by Crippen LogP contribution is 2.17. The fraction of sp³-hybridized carbons (Fsp3) is 0.235. The van der Waals surface area contributed by atoms with Crippen molar-refractivity contribution in [3.05, 3.63) is 65.5 Å². The van der Waals surface area contributed by atoms with Crippen molar-refractivity contribution < 1.29 is 9.18 Å². The highest BCUT2D eigenvalue weighted by molar-refractivity contribution is 5.94. The number of carbonyl (C=O) groups excluding carboxylic acids is 1. The normalized spacial score (nSPS) is 10.3. The molecule has 0 saturated heterocycles. The van der Waals surface area contributed by atoms with Crippen LogP contribution < -0.4 is 4.90 Å². The Morgan fingerprint density at radius 1 is 1.15 bits per heavy atom. The SMILES string of the molecule is CCN(C(=O)Cc1ccc(F)cc1)c1cccc(C)c1. The highest BCUT2D eigenvalue weighted by atomic mass is 19.1. The third kappa shape index (κ3) is 3.44. The number of hydrogen-bond acceptors (Lipinski definition) is 1. The molecule has 0 aliphatic carbocycles. The summed E-state index contributed by atoms with van der Waals surface area (Å²) in [5.74, 6) is -0.267. The average Bonchev–Trinajstić information content (AvgIpc) is 2.42. The maximum absolute atomic E-state index is 12.9. The van der Waals surface area contributed by atoms with Crippen LogP contribution in [0.15, 0.2) is 48.5 Å². The van der Waals surface area contributed by atoms with Gasteiger partial charge in [-0.25, -0.2) is 4.39 Å². The van der Waals surface area contributed by atoms with Gasteiger partial charge in [-0.2, -0.15) is 0 Å². The predicted octanol–water partition coefficient (Wildman–Crippen LogP) is 3.73. The molecule has 0 unspecified atom stereocenters. The molecule has 0 bridgehead atoms. The van der Waals surface area contributed by atoms with Crippen LogP contribution in [-0.4, -0.2) is 12.5 Å². The van der Waals surface area contributed by atoms with Gasteiger partial charge in [-0.05, 0) is 49.2 Å². The van der Waals surface area contributed by atoms with Gasteiger partial charge in [0.05, 0.1) is 6.42 Å². The zero-order chi connectivity index (χ0) is 14.5. The van der Waals surface area contributed by atoms with Crippen LogP contribution in [0.2, 0.25) is 0 Å². The van der Waals surface area contributed by atoms with E-state index in [-0.39, 0.29) is 18.1 Å². The van der Waals surface area contributed by atoms with Gasteiger partial charge in [0.25, 0.3) is 0 Å². The molecule has 2 aromatic rings. The summed E-state index contributed by atoms with van der Waals surface area (Å²) in [4.78, 5) is 14.1. The standard InChI is InChI=1S/C17H18FNO/c1-3-19(16-6-4-5-13(2)11-16)17(20)12-14-7-9-15(18)10-8-14/h4-11H,3,12H2,1-2H3. The monoisotopic (exact) mass is 271 g/mol. The number of aryl methyl sites for hydroxylation is 1. The first-order valence-electron chi connectivity index (χ1n) is 6.71. The number of likely N-dealkylation sites (N-methyl/N-ethyl adjacent to an activating group) is 1. The van der Waals surface area contributed by atoms with Crippen LogP contribution in [0.1, 0.15) is 18.1 Å². The van der Waals surface area contributed by atoms with Gasteiger partial charge in [0.1, 0.15) is 5.82 Å². The van der Waals surface area contributed by atoms with Crippen molar-refractivity contribution in [1.29, 1.82) is 0 Å². The molecule has 0 aliphatic heterocycles. The Labute approximate surface area is 118 Å². The number of hydrogen-bond donors (Lipinski definition) is 0. The second-order valence-electron chi connectivity index (χ2n) is 4.78. The zero-order valence-electron chi connectivity index (χ0n) is 11.8. The summed E-state index contributed by atoms with van der Waals surface area (Å²) in [6.07, 6.45) is 0.280. The third-order valence-electron chi connectivity index (χ3n) is 3.20. The molecule has 2 rings (SSSR count). The molecular weight excluding hydrogens is 253 g/mol. The number of carbonyl (C=O) groups is 1. The number of halogens is 1. The minimum Gasteiger partial charge on any atom is -0.312 e. The van der Waals surface area contributed by atoms with Crippen molar-refractivity contribution in [2.45, 2.75) is 20.3 Å². The van der Waals surface area contributed by atoms with Gasteiger partial charge < -0.3 is 4.90 Å². The van der Waals surface area contributed by atoms with E-state index in [1.54, 1.807) is 17.0 Å². The lowest BCUT2D eigenvalue weighted by atomic mass is 10.1. The van der Waals surface area contributed by atoms with Gasteiger partial charge in [-0.15, -0.1) is 0 Å². The molecule has 0 spiro atoms. The van der Waals surface area contributed by atoms with Crippen molar-refractivity contribution in [3.8, 4) is 0 Å². The van der Waals surface area contributed by atoms with Crippen LogP contribution in [0.5, 0.6) is 0 Å². The van der Waals surface area contributed by atoms with Gasteiger partial charge in [-0.1, -0.05) is 24.3 Å². The summed E-state index contributed by atoms with van der Waals surface area (Å²) in [6, 6.07) is 13.9. The summed E-state index contributed by atoms with van der Waals surface area (Å²) in [5, 5.41) is 0. The fourth-order valence-corrected chi connectivity index (χ4v) is 2.17.